The molecule has 0 aliphatic carbocycles. The molecule has 0 spiro atoms. The second-order valence-corrected chi connectivity index (χ2v) is 8.36. The number of fused-ring (bicyclic) bond motifs is 1. The van der Waals surface area contributed by atoms with Crippen LogP contribution in [0.2, 0.25) is 0 Å². The molecule has 16 nitrogen and oxygen atoms in total. The van der Waals surface area contributed by atoms with E-state index in [0.717, 1.165) is 10.9 Å². The molecule has 3 heterocycles. The van der Waals surface area contributed by atoms with Gasteiger partial charge in [0.05, 0.1) is 12.9 Å². The van der Waals surface area contributed by atoms with Crippen molar-refractivity contribution in [1.29, 1.82) is 0 Å². The highest BCUT2D eigenvalue weighted by Gasteiger charge is 2.45. The summed E-state index contributed by atoms with van der Waals surface area (Å²) in [6.45, 7) is -0.960. The number of nitrogens with one attached hydrogen (secondary N) is 1. The number of nitrogen functional groups attached to an aromatic ring is 1. The summed E-state index contributed by atoms with van der Waals surface area (Å²) in [5, 5.41) is 20.2. The molecule has 1 fully saturated rings. The highest BCUT2D eigenvalue weighted by Crippen LogP contribution is 2.52. The van der Waals surface area contributed by atoms with Crippen LogP contribution in [0.3, 0.4) is 0 Å². The molecular weight excluding hydrogens is 428 g/mol. The number of aromatic amines is 1. The fraction of sp³-hybridized carbons (Fsp3) is 0.500. The number of aliphatic hydroxyl groups is 2. The Hall–Kier alpha value is -1.71. The molecule has 0 radical (unpaired) electrons. The molecule has 1 aliphatic heterocycles. The Morgan fingerprint density at radius 3 is 2.68 bits per heavy atom. The molecule has 0 aromatic carbocycles. The SMILES string of the molecule is Nc1nc2c(ncn2[C@@H]2OC(COP(=O)([O-])OP(=O)([O-])O)[C@@H](O)[C@H]2O)c(=O)[nH]1. The lowest BCUT2D eigenvalue weighted by Gasteiger charge is -2.28. The lowest BCUT2D eigenvalue weighted by atomic mass is 10.1. The van der Waals surface area contributed by atoms with Crippen LogP contribution in [0.25, 0.3) is 11.2 Å². The third-order valence-corrected chi connectivity index (χ3v) is 5.75. The molecule has 156 valence electrons. The number of aliphatic hydroxyl groups excluding tert-OH is 2. The number of rotatable bonds is 6. The van der Waals surface area contributed by atoms with E-state index >= 15 is 0 Å². The molecule has 2 aromatic rings. The maximum Gasteiger partial charge on any atom is 0.280 e. The number of nitrogens with zero attached hydrogens (tertiary/aromatic N) is 3. The fourth-order valence-electron chi connectivity index (χ4n) is 2.54. The molecule has 3 unspecified atom stereocenters. The van der Waals surface area contributed by atoms with E-state index in [-0.39, 0.29) is 17.1 Å². The number of aromatic nitrogens is 4. The van der Waals surface area contributed by atoms with Crippen molar-refractivity contribution in [3.8, 4) is 0 Å². The topological polar surface area (TPSA) is 258 Å². The Kier molecular flexibility index (Phi) is 5.46. The first kappa shape index (κ1) is 21.0. The Morgan fingerprint density at radius 1 is 1.36 bits per heavy atom. The maximum atomic E-state index is 11.8. The van der Waals surface area contributed by atoms with E-state index < -0.39 is 52.4 Å². The van der Waals surface area contributed by atoms with Crippen molar-refractivity contribution in [3.63, 3.8) is 0 Å². The van der Waals surface area contributed by atoms with Crippen molar-refractivity contribution in [1.82, 2.24) is 19.5 Å². The first-order valence-electron chi connectivity index (χ1n) is 7.32. The number of hydrogen-bond acceptors (Lipinski definition) is 13. The molecule has 3 rings (SSSR count). The number of hydrogen-bond donors (Lipinski definition) is 5. The summed E-state index contributed by atoms with van der Waals surface area (Å²) in [6, 6.07) is 0. The van der Waals surface area contributed by atoms with E-state index in [1.165, 1.54) is 0 Å². The Morgan fingerprint density at radius 2 is 2.04 bits per heavy atom. The smallest absolute Gasteiger partial charge is 0.280 e. The van der Waals surface area contributed by atoms with Gasteiger partial charge >= 0.3 is 0 Å². The van der Waals surface area contributed by atoms with E-state index in [4.69, 9.17) is 15.4 Å². The number of ether oxygens (including phenoxy) is 1. The first-order valence-corrected chi connectivity index (χ1v) is 10.3. The molecule has 6 atom stereocenters. The minimum atomic E-state index is -5.63. The summed E-state index contributed by atoms with van der Waals surface area (Å²) in [5.74, 6) is -0.248. The van der Waals surface area contributed by atoms with Crippen LogP contribution in [0.1, 0.15) is 6.23 Å². The van der Waals surface area contributed by atoms with Gasteiger partial charge in [-0.15, -0.1) is 0 Å². The number of phosphoric ester groups is 1. The zero-order valence-corrected chi connectivity index (χ0v) is 15.3. The number of nitrogens with two attached hydrogens (primary N) is 1. The van der Waals surface area contributed by atoms with Crippen LogP contribution < -0.4 is 21.1 Å². The fourth-order valence-corrected chi connectivity index (χ4v) is 4.07. The highest BCUT2D eigenvalue weighted by atomic mass is 31.3. The third-order valence-electron chi connectivity index (χ3n) is 3.66. The monoisotopic (exact) mass is 441 g/mol. The van der Waals surface area contributed by atoms with Crippen LogP contribution >= 0.6 is 15.6 Å². The van der Waals surface area contributed by atoms with Crippen LogP contribution in [-0.4, -0.2) is 59.5 Å². The predicted molar refractivity (Wildman–Crippen MR) is 83.0 cm³/mol. The number of anilines is 1. The van der Waals surface area contributed by atoms with Crippen molar-refractivity contribution in [2.24, 2.45) is 0 Å². The largest absolute Gasteiger partial charge is 0.756 e. The lowest BCUT2D eigenvalue weighted by Crippen LogP contribution is -2.34. The van der Waals surface area contributed by atoms with Gasteiger partial charge in [0.1, 0.15) is 18.3 Å². The lowest BCUT2D eigenvalue weighted by molar-refractivity contribution is -0.242. The van der Waals surface area contributed by atoms with Crippen LogP contribution in [-0.2, 0) is 22.7 Å². The Bertz CT molecular complexity index is 1030. The van der Waals surface area contributed by atoms with E-state index in [0.29, 0.717) is 0 Å². The highest BCUT2D eigenvalue weighted by molar-refractivity contribution is 7.59. The average molecular weight is 441 g/mol. The normalized spacial score (nSPS) is 29.6. The van der Waals surface area contributed by atoms with Gasteiger partial charge in [-0.05, 0) is 0 Å². The molecule has 28 heavy (non-hydrogen) atoms. The van der Waals surface area contributed by atoms with E-state index in [9.17, 15) is 33.9 Å². The minimum Gasteiger partial charge on any atom is -0.756 e. The van der Waals surface area contributed by atoms with Gasteiger partial charge in [0, 0.05) is 0 Å². The van der Waals surface area contributed by atoms with Gasteiger partial charge in [0.25, 0.3) is 21.2 Å². The summed E-state index contributed by atoms with van der Waals surface area (Å²) in [5.41, 5.74) is 4.58. The van der Waals surface area contributed by atoms with E-state index in [1.807, 2.05) is 0 Å². The summed E-state index contributed by atoms with van der Waals surface area (Å²) in [4.78, 5) is 51.9. The number of phosphoric acid groups is 2. The minimum absolute atomic E-state index is 0.0792. The predicted octanol–water partition coefficient (Wildman–Crippen LogP) is -3.72. The van der Waals surface area contributed by atoms with E-state index in [1.54, 1.807) is 0 Å². The van der Waals surface area contributed by atoms with Gasteiger partial charge in [-0.2, -0.15) is 4.98 Å². The molecule has 18 heteroatoms. The molecule has 0 saturated carbocycles. The number of H-pyrrole nitrogens is 1. The summed E-state index contributed by atoms with van der Waals surface area (Å²) in [7, 11) is -11.1. The molecule has 1 saturated heterocycles. The average Bonchev–Trinajstić information content (AvgIpc) is 3.06. The van der Waals surface area contributed by atoms with Crippen LogP contribution in [0, 0.1) is 0 Å². The van der Waals surface area contributed by atoms with Crippen LogP contribution in [0.15, 0.2) is 11.1 Å². The zero-order chi connectivity index (χ0) is 20.9. The van der Waals surface area contributed by atoms with Crippen molar-refractivity contribution in [2.75, 3.05) is 12.3 Å². The van der Waals surface area contributed by atoms with Gasteiger partial charge < -0.3 is 39.9 Å². The summed E-state index contributed by atoms with van der Waals surface area (Å²) in [6.07, 6.45) is -5.07. The second kappa shape index (κ2) is 7.27. The standard InChI is InChI=1S/C10H15N5O11P2/c11-10-13-7-4(8(18)14-10)12-2-15(7)9-6(17)5(16)3(25-9)1-24-28(22,23)26-27(19,20)21/h2-3,5-6,9,16-17H,1H2,(H,22,23)(H2,19,20,21)(H3,11,13,14,18)/p-2/t3?,5-,6-,9-/m1/s1. The summed E-state index contributed by atoms with van der Waals surface area (Å²) >= 11 is 0. The Balaban J connectivity index is 1.79. The molecule has 6 N–H and O–H groups in total. The number of imidazole rings is 1. The molecule has 2 aromatic heterocycles. The van der Waals surface area contributed by atoms with Gasteiger partial charge in [-0.3, -0.25) is 23.5 Å². The molecule has 0 bridgehead atoms. The maximum absolute atomic E-state index is 11.8. The van der Waals surface area contributed by atoms with Gasteiger partial charge in [0.15, 0.2) is 17.4 Å². The van der Waals surface area contributed by atoms with Crippen LogP contribution in [0.5, 0.6) is 0 Å². The van der Waals surface area contributed by atoms with Crippen molar-refractivity contribution >= 4 is 32.8 Å². The van der Waals surface area contributed by atoms with Gasteiger partial charge in [-0.1, -0.05) is 0 Å². The van der Waals surface area contributed by atoms with Gasteiger partial charge in [-0.25, -0.2) is 9.29 Å². The Labute approximate surface area is 154 Å². The van der Waals surface area contributed by atoms with Crippen LogP contribution in [0.4, 0.5) is 5.95 Å². The molecular formula is C10H13N5O11P2-2. The van der Waals surface area contributed by atoms with Crippen molar-refractivity contribution in [3.05, 3.63) is 16.7 Å². The first-order chi connectivity index (χ1) is 12.9. The van der Waals surface area contributed by atoms with Crippen molar-refractivity contribution < 1.29 is 47.6 Å². The summed E-state index contributed by atoms with van der Waals surface area (Å²) < 4.78 is 35.8. The third kappa shape index (κ3) is 4.31. The molecule has 1 aliphatic rings. The van der Waals surface area contributed by atoms with Gasteiger partial charge in [0.2, 0.25) is 5.95 Å². The van der Waals surface area contributed by atoms with E-state index in [2.05, 4.69) is 23.8 Å². The molecule has 0 amide bonds. The quantitative estimate of drug-likeness (QED) is 0.270. The zero-order valence-electron chi connectivity index (χ0n) is 13.5. The van der Waals surface area contributed by atoms with Crippen molar-refractivity contribution in [2.45, 2.75) is 24.5 Å². The second-order valence-electron chi connectivity index (χ2n) is 5.61.